The Morgan fingerprint density at radius 1 is 1.42 bits per heavy atom. The second kappa shape index (κ2) is 5.95. The van der Waals surface area contributed by atoms with Gasteiger partial charge in [0.2, 0.25) is 0 Å². The summed E-state index contributed by atoms with van der Waals surface area (Å²) in [5.74, 6) is 0.0362. The van der Waals surface area contributed by atoms with Crippen molar-refractivity contribution in [2.24, 2.45) is 0 Å². The maximum atomic E-state index is 12.7. The Kier molecular flexibility index (Phi) is 3.90. The van der Waals surface area contributed by atoms with Gasteiger partial charge in [-0.25, -0.2) is 0 Å². The van der Waals surface area contributed by atoms with Crippen LogP contribution in [0.2, 0.25) is 5.02 Å². The zero-order valence-corrected chi connectivity index (χ0v) is 14.9. The molecule has 2 aliphatic rings. The molecular formula is C17H19ClN3O2S+. The summed E-state index contributed by atoms with van der Waals surface area (Å²) in [6.45, 7) is 5.33. The number of aromatic hydroxyl groups is 1. The molecule has 126 valence electrons. The molecule has 0 radical (unpaired) electrons. The van der Waals surface area contributed by atoms with Crippen LogP contribution in [-0.2, 0) is 13.0 Å². The van der Waals surface area contributed by atoms with E-state index < -0.39 is 6.17 Å². The molecule has 4 rings (SSSR count). The fourth-order valence-corrected chi connectivity index (χ4v) is 4.99. The van der Waals surface area contributed by atoms with E-state index in [1.54, 1.807) is 34.4 Å². The minimum absolute atomic E-state index is 0.0782. The zero-order chi connectivity index (χ0) is 16.8. The molecule has 1 unspecified atom stereocenters. The lowest BCUT2D eigenvalue weighted by Crippen LogP contribution is -3.11. The second-order valence-electron chi connectivity index (χ2n) is 6.24. The van der Waals surface area contributed by atoms with Crippen LogP contribution in [0.4, 0.5) is 5.00 Å². The van der Waals surface area contributed by atoms with Crippen LogP contribution in [0.3, 0.4) is 0 Å². The second-order valence-corrected chi connectivity index (χ2v) is 7.78. The molecule has 4 N–H and O–H groups in total. The van der Waals surface area contributed by atoms with Gasteiger partial charge in [-0.05, 0) is 30.7 Å². The Balaban J connectivity index is 1.70. The lowest BCUT2D eigenvalue weighted by Gasteiger charge is -2.27. The lowest BCUT2D eigenvalue weighted by atomic mass is 10.00. The van der Waals surface area contributed by atoms with E-state index in [0.717, 1.165) is 36.6 Å². The van der Waals surface area contributed by atoms with Crippen molar-refractivity contribution in [3.05, 3.63) is 44.8 Å². The maximum absolute atomic E-state index is 12.7. The highest BCUT2D eigenvalue weighted by Crippen LogP contribution is 2.40. The van der Waals surface area contributed by atoms with E-state index in [1.807, 2.05) is 0 Å². The van der Waals surface area contributed by atoms with Gasteiger partial charge in [-0.15, -0.1) is 11.3 Å². The van der Waals surface area contributed by atoms with Gasteiger partial charge in [0, 0.05) is 17.0 Å². The summed E-state index contributed by atoms with van der Waals surface area (Å²) in [6.07, 6.45) is 0.463. The van der Waals surface area contributed by atoms with Crippen LogP contribution in [0.5, 0.6) is 5.75 Å². The largest absolute Gasteiger partial charge is 0.508 e. The van der Waals surface area contributed by atoms with Gasteiger partial charge in [0.1, 0.15) is 23.5 Å². The number of quaternary nitrogens is 1. The fourth-order valence-electron chi connectivity index (χ4n) is 3.46. The molecule has 0 spiro atoms. The SMILES string of the molecule is CC[NH+]1CCc2c(sc3c2C(=O)N[C@@H](c2cc(Cl)ccc2O)N3)C1. The van der Waals surface area contributed by atoms with Gasteiger partial charge in [0.15, 0.2) is 0 Å². The molecule has 1 aromatic carbocycles. The van der Waals surface area contributed by atoms with E-state index >= 15 is 0 Å². The van der Waals surface area contributed by atoms with Crippen molar-refractivity contribution >= 4 is 33.8 Å². The van der Waals surface area contributed by atoms with E-state index in [0.29, 0.717) is 10.6 Å². The summed E-state index contributed by atoms with van der Waals surface area (Å²) in [6, 6.07) is 4.85. The third-order valence-corrected chi connectivity index (χ3v) is 6.21. The van der Waals surface area contributed by atoms with E-state index in [-0.39, 0.29) is 11.7 Å². The van der Waals surface area contributed by atoms with Gasteiger partial charge in [-0.2, -0.15) is 0 Å². The quantitative estimate of drug-likeness (QED) is 0.658. The Bertz CT molecular complexity index is 820. The van der Waals surface area contributed by atoms with E-state index in [4.69, 9.17) is 11.6 Å². The fraction of sp³-hybridized carbons (Fsp3) is 0.353. The summed E-state index contributed by atoms with van der Waals surface area (Å²) in [7, 11) is 0. The highest BCUT2D eigenvalue weighted by molar-refractivity contribution is 7.16. The minimum Gasteiger partial charge on any atom is -0.508 e. The highest BCUT2D eigenvalue weighted by atomic mass is 35.5. The number of hydrogen-bond acceptors (Lipinski definition) is 4. The monoisotopic (exact) mass is 364 g/mol. The number of carbonyl (C=O) groups excluding carboxylic acids is 1. The number of thiophene rings is 1. The normalized spacial score (nSPS) is 22.3. The summed E-state index contributed by atoms with van der Waals surface area (Å²) in [5.41, 5.74) is 2.54. The van der Waals surface area contributed by atoms with Crippen LogP contribution in [0, 0.1) is 0 Å². The molecule has 24 heavy (non-hydrogen) atoms. The van der Waals surface area contributed by atoms with Gasteiger partial charge >= 0.3 is 0 Å². The molecule has 1 aromatic heterocycles. The first kappa shape index (κ1) is 15.7. The number of amides is 1. The molecule has 0 fully saturated rings. The average Bonchev–Trinajstić information content (AvgIpc) is 2.94. The van der Waals surface area contributed by atoms with Crippen molar-refractivity contribution in [3.8, 4) is 5.75 Å². The number of nitrogens with one attached hydrogen (secondary N) is 3. The molecule has 5 nitrogen and oxygen atoms in total. The highest BCUT2D eigenvalue weighted by Gasteiger charge is 2.34. The van der Waals surface area contributed by atoms with Crippen LogP contribution in [0.15, 0.2) is 18.2 Å². The van der Waals surface area contributed by atoms with E-state index in [1.165, 1.54) is 10.4 Å². The average molecular weight is 365 g/mol. The molecular weight excluding hydrogens is 346 g/mol. The molecule has 0 saturated heterocycles. The summed E-state index contributed by atoms with van der Waals surface area (Å²) >= 11 is 7.70. The number of fused-ring (bicyclic) bond motifs is 3. The van der Waals surface area contributed by atoms with Gasteiger partial charge in [0.05, 0.1) is 23.5 Å². The molecule has 3 heterocycles. The molecule has 1 amide bonds. The Hall–Kier alpha value is -1.76. The summed E-state index contributed by atoms with van der Waals surface area (Å²) < 4.78 is 0. The minimum atomic E-state index is -0.474. The van der Waals surface area contributed by atoms with Crippen LogP contribution in [-0.4, -0.2) is 24.1 Å². The number of benzene rings is 1. The Morgan fingerprint density at radius 3 is 3.04 bits per heavy atom. The van der Waals surface area contributed by atoms with Crippen molar-refractivity contribution in [2.45, 2.75) is 26.1 Å². The predicted octanol–water partition coefficient (Wildman–Crippen LogP) is 1.92. The first-order chi connectivity index (χ1) is 11.6. The number of hydrogen-bond donors (Lipinski definition) is 4. The first-order valence-electron chi connectivity index (χ1n) is 8.10. The van der Waals surface area contributed by atoms with Crippen LogP contribution >= 0.6 is 22.9 Å². The van der Waals surface area contributed by atoms with Crippen molar-refractivity contribution in [2.75, 3.05) is 18.4 Å². The molecule has 0 saturated carbocycles. The molecule has 0 aliphatic carbocycles. The van der Waals surface area contributed by atoms with E-state index in [9.17, 15) is 9.90 Å². The third-order valence-electron chi connectivity index (χ3n) is 4.81. The topological polar surface area (TPSA) is 65.8 Å². The molecule has 2 atom stereocenters. The summed E-state index contributed by atoms with van der Waals surface area (Å²) in [5, 5.41) is 17.8. The van der Waals surface area contributed by atoms with Crippen molar-refractivity contribution in [1.29, 1.82) is 0 Å². The number of halogens is 1. The number of phenols is 1. The van der Waals surface area contributed by atoms with Gasteiger partial charge in [0.25, 0.3) is 5.91 Å². The predicted molar refractivity (Wildman–Crippen MR) is 95.0 cm³/mol. The third kappa shape index (κ3) is 2.55. The molecule has 0 bridgehead atoms. The number of likely N-dealkylation sites (N-methyl/N-ethyl adjacent to an activating group) is 1. The lowest BCUT2D eigenvalue weighted by molar-refractivity contribution is -0.913. The van der Waals surface area contributed by atoms with Crippen molar-refractivity contribution < 1.29 is 14.8 Å². The number of anilines is 1. The smallest absolute Gasteiger partial charge is 0.256 e. The number of phenolic OH excluding ortho intramolecular Hbond substituents is 1. The number of rotatable bonds is 2. The Labute approximate surface area is 149 Å². The zero-order valence-electron chi connectivity index (χ0n) is 13.3. The van der Waals surface area contributed by atoms with Crippen molar-refractivity contribution in [1.82, 2.24) is 5.32 Å². The van der Waals surface area contributed by atoms with Gasteiger partial charge in [-0.3, -0.25) is 4.79 Å². The van der Waals surface area contributed by atoms with E-state index in [2.05, 4.69) is 17.6 Å². The van der Waals surface area contributed by atoms with Crippen LogP contribution in [0.1, 0.15) is 39.5 Å². The molecule has 7 heteroatoms. The first-order valence-corrected chi connectivity index (χ1v) is 9.30. The van der Waals surface area contributed by atoms with Crippen LogP contribution < -0.4 is 15.5 Å². The number of carbonyl (C=O) groups is 1. The van der Waals surface area contributed by atoms with Gasteiger partial charge in [-0.1, -0.05) is 11.6 Å². The molecule has 2 aliphatic heterocycles. The van der Waals surface area contributed by atoms with Gasteiger partial charge < -0.3 is 20.6 Å². The molecule has 2 aromatic rings. The Morgan fingerprint density at radius 2 is 2.25 bits per heavy atom. The van der Waals surface area contributed by atoms with Crippen LogP contribution in [0.25, 0.3) is 0 Å². The standard InChI is InChI=1S/C17H18ClN3O2S/c1-2-21-6-5-10-13(8-21)24-17-14(10)16(23)19-15(20-17)11-7-9(18)3-4-12(11)22/h3-4,7,15,20,22H,2,5-6,8H2,1H3,(H,19,23)/p+1/t15-/m1/s1. The van der Waals surface area contributed by atoms with Crippen molar-refractivity contribution in [3.63, 3.8) is 0 Å². The summed E-state index contributed by atoms with van der Waals surface area (Å²) in [4.78, 5) is 15.5. The maximum Gasteiger partial charge on any atom is 0.256 e.